The fourth-order valence-electron chi connectivity index (χ4n) is 4.53. The van der Waals surface area contributed by atoms with Crippen molar-refractivity contribution < 1.29 is 9.53 Å². The molecule has 0 aliphatic carbocycles. The molecule has 1 aliphatic heterocycles. The number of hydrogen-bond donors (Lipinski definition) is 2. The standard InChI is InChI=1S/C27H25ClN6O2S/c1-36-17-24(35)31-21-10-9-19(14-20(21)28)34-26(25(32-27(34)37)22-7-2-3-12-30-22)23-8-5-13-33(23)16-18-6-4-11-29-15-18/h2-15,25-26H,16-17H2,1H3,(H,31,35)(H,32,37). The third-order valence-corrected chi connectivity index (χ3v) is 6.75. The van der Waals surface area contributed by atoms with Crippen LogP contribution in [0.15, 0.2) is 85.5 Å². The molecule has 1 aliphatic rings. The van der Waals surface area contributed by atoms with E-state index in [0.717, 1.165) is 22.6 Å². The quantitative estimate of drug-likeness (QED) is 0.317. The van der Waals surface area contributed by atoms with E-state index in [1.807, 2.05) is 42.6 Å². The van der Waals surface area contributed by atoms with Crippen LogP contribution >= 0.6 is 23.8 Å². The fourth-order valence-corrected chi connectivity index (χ4v) is 5.10. The van der Waals surface area contributed by atoms with Gasteiger partial charge >= 0.3 is 0 Å². The lowest BCUT2D eigenvalue weighted by Gasteiger charge is -2.29. The van der Waals surface area contributed by atoms with Crippen molar-refractivity contribution in [1.29, 1.82) is 0 Å². The molecule has 1 amide bonds. The van der Waals surface area contributed by atoms with Crippen LogP contribution in [0, 0.1) is 0 Å². The van der Waals surface area contributed by atoms with Crippen LogP contribution in [0.1, 0.15) is 29.0 Å². The second-order valence-electron chi connectivity index (χ2n) is 8.56. The van der Waals surface area contributed by atoms with Gasteiger partial charge in [-0.05, 0) is 66.3 Å². The molecule has 2 atom stereocenters. The Bertz CT molecular complexity index is 1400. The molecule has 0 saturated carbocycles. The Balaban J connectivity index is 1.54. The third-order valence-electron chi connectivity index (χ3n) is 6.12. The highest BCUT2D eigenvalue weighted by Crippen LogP contribution is 2.43. The monoisotopic (exact) mass is 532 g/mol. The number of nitrogens with zero attached hydrogens (tertiary/aromatic N) is 4. The van der Waals surface area contributed by atoms with E-state index < -0.39 is 0 Å². The number of rotatable bonds is 8. The number of thiocarbonyl (C=S) groups is 1. The molecule has 0 bridgehead atoms. The number of carbonyl (C=O) groups is 1. The Kier molecular flexibility index (Phi) is 7.45. The first-order valence-corrected chi connectivity index (χ1v) is 12.5. The summed E-state index contributed by atoms with van der Waals surface area (Å²) in [5.41, 5.74) is 4.32. The molecular weight excluding hydrogens is 508 g/mol. The van der Waals surface area contributed by atoms with Crippen LogP contribution in [-0.2, 0) is 16.1 Å². The third kappa shape index (κ3) is 5.34. The first kappa shape index (κ1) is 24.9. The van der Waals surface area contributed by atoms with Crippen molar-refractivity contribution in [2.24, 2.45) is 0 Å². The summed E-state index contributed by atoms with van der Waals surface area (Å²) in [6, 6.07) is 19.0. The van der Waals surface area contributed by atoms with E-state index in [-0.39, 0.29) is 24.6 Å². The van der Waals surface area contributed by atoms with Crippen LogP contribution in [-0.4, -0.2) is 39.3 Å². The number of amides is 1. The van der Waals surface area contributed by atoms with E-state index in [0.29, 0.717) is 22.4 Å². The molecule has 37 heavy (non-hydrogen) atoms. The lowest BCUT2D eigenvalue weighted by Crippen LogP contribution is -2.30. The highest BCUT2D eigenvalue weighted by molar-refractivity contribution is 7.80. The van der Waals surface area contributed by atoms with Gasteiger partial charge in [-0.3, -0.25) is 14.8 Å². The zero-order valence-electron chi connectivity index (χ0n) is 20.0. The number of carbonyl (C=O) groups excluding carboxylic acids is 1. The Morgan fingerprint density at radius 1 is 1.16 bits per heavy atom. The Hall–Kier alpha value is -3.79. The van der Waals surface area contributed by atoms with Gasteiger partial charge < -0.3 is 24.8 Å². The van der Waals surface area contributed by atoms with Crippen LogP contribution < -0.4 is 15.5 Å². The molecule has 4 heterocycles. The molecular formula is C27H25ClN6O2S. The summed E-state index contributed by atoms with van der Waals surface area (Å²) >= 11 is 12.4. The van der Waals surface area contributed by atoms with Crippen molar-refractivity contribution in [2.75, 3.05) is 23.9 Å². The van der Waals surface area contributed by atoms with E-state index in [4.69, 9.17) is 28.6 Å². The van der Waals surface area contributed by atoms with Crippen LogP contribution in [0.5, 0.6) is 0 Å². The summed E-state index contributed by atoms with van der Waals surface area (Å²) in [6.45, 7) is 0.605. The fraction of sp³-hybridized carbons (Fsp3) is 0.185. The molecule has 4 aromatic rings. The van der Waals surface area contributed by atoms with Crippen molar-refractivity contribution in [1.82, 2.24) is 19.9 Å². The number of anilines is 2. The van der Waals surface area contributed by atoms with Crippen LogP contribution in [0.3, 0.4) is 0 Å². The summed E-state index contributed by atoms with van der Waals surface area (Å²) in [5.74, 6) is -0.281. The molecule has 2 unspecified atom stereocenters. The number of ether oxygens (including phenoxy) is 1. The van der Waals surface area contributed by atoms with Gasteiger partial charge in [0.25, 0.3) is 0 Å². The lowest BCUT2D eigenvalue weighted by atomic mass is 10.0. The molecule has 188 valence electrons. The van der Waals surface area contributed by atoms with Gasteiger partial charge in [-0.2, -0.15) is 0 Å². The Labute approximate surface area is 225 Å². The summed E-state index contributed by atoms with van der Waals surface area (Å²) in [5, 5.41) is 7.19. The zero-order valence-corrected chi connectivity index (χ0v) is 21.6. The first-order valence-electron chi connectivity index (χ1n) is 11.7. The molecule has 3 aromatic heterocycles. The van der Waals surface area contributed by atoms with E-state index in [1.54, 1.807) is 24.5 Å². The summed E-state index contributed by atoms with van der Waals surface area (Å²) in [4.78, 5) is 22.9. The largest absolute Gasteiger partial charge is 0.375 e. The predicted molar refractivity (Wildman–Crippen MR) is 148 cm³/mol. The number of methoxy groups -OCH3 is 1. The average Bonchev–Trinajstić information content (AvgIpc) is 3.50. The highest BCUT2D eigenvalue weighted by Gasteiger charge is 2.42. The van der Waals surface area contributed by atoms with Gasteiger partial charge in [-0.25, -0.2) is 0 Å². The van der Waals surface area contributed by atoms with Crippen molar-refractivity contribution in [3.8, 4) is 0 Å². The molecule has 5 rings (SSSR count). The van der Waals surface area contributed by atoms with Gasteiger partial charge in [0.2, 0.25) is 5.91 Å². The van der Waals surface area contributed by atoms with Crippen molar-refractivity contribution >= 4 is 46.2 Å². The molecule has 1 saturated heterocycles. The van der Waals surface area contributed by atoms with Gasteiger partial charge in [0.05, 0.1) is 22.4 Å². The maximum atomic E-state index is 12.0. The van der Waals surface area contributed by atoms with Gasteiger partial charge in [0.15, 0.2) is 5.11 Å². The number of hydrogen-bond acceptors (Lipinski definition) is 5. The summed E-state index contributed by atoms with van der Waals surface area (Å²) in [6.07, 6.45) is 7.47. The van der Waals surface area contributed by atoms with Gasteiger partial charge in [-0.15, -0.1) is 0 Å². The zero-order chi connectivity index (χ0) is 25.8. The smallest absolute Gasteiger partial charge is 0.250 e. The Morgan fingerprint density at radius 2 is 2.05 bits per heavy atom. The topological polar surface area (TPSA) is 84.3 Å². The minimum absolute atomic E-state index is 0.0556. The minimum atomic E-state index is -0.281. The number of aromatic nitrogens is 3. The highest BCUT2D eigenvalue weighted by atomic mass is 35.5. The molecule has 0 radical (unpaired) electrons. The predicted octanol–water partition coefficient (Wildman–Crippen LogP) is 4.74. The first-order chi connectivity index (χ1) is 18.0. The van der Waals surface area contributed by atoms with Gasteiger partial charge in [0, 0.05) is 49.8 Å². The molecule has 0 spiro atoms. The number of halogens is 1. The average molecular weight is 533 g/mol. The number of nitrogens with one attached hydrogen (secondary N) is 2. The molecule has 1 aromatic carbocycles. The summed E-state index contributed by atoms with van der Waals surface area (Å²) < 4.78 is 7.09. The van der Waals surface area contributed by atoms with E-state index in [1.165, 1.54) is 7.11 Å². The molecule has 2 N–H and O–H groups in total. The molecule has 10 heteroatoms. The maximum Gasteiger partial charge on any atom is 0.250 e. The van der Waals surface area contributed by atoms with Crippen LogP contribution in [0.2, 0.25) is 5.02 Å². The van der Waals surface area contributed by atoms with E-state index in [2.05, 4.69) is 48.4 Å². The SMILES string of the molecule is COCC(=O)Nc1ccc(N2C(=S)NC(c3ccccn3)C2c2cccn2Cc2cccnc2)cc1Cl. The lowest BCUT2D eigenvalue weighted by molar-refractivity contribution is -0.119. The summed E-state index contributed by atoms with van der Waals surface area (Å²) in [7, 11) is 1.47. The number of benzene rings is 1. The van der Waals surface area contributed by atoms with Crippen molar-refractivity contribution in [2.45, 2.75) is 18.6 Å². The normalized spacial score (nSPS) is 17.0. The van der Waals surface area contributed by atoms with Crippen LogP contribution in [0.4, 0.5) is 11.4 Å². The second kappa shape index (κ2) is 11.1. The van der Waals surface area contributed by atoms with E-state index in [9.17, 15) is 4.79 Å². The van der Waals surface area contributed by atoms with E-state index >= 15 is 0 Å². The minimum Gasteiger partial charge on any atom is -0.375 e. The number of pyridine rings is 2. The van der Waals surface area contributed by atoms with Gasteiger partial charge in [0.1, 0.15) is 12.6 Å². The molecule has 8 nitrogen and oxygen atoms in total. The van der Waals surface area contributed by atoms with Gasteiger partial charge in [-0.1, -0.05) is 23.7 Å². The second-order valence-corrected chi connectivity index (χ2v) is 9.36. The Morgan fingerprint density at radius 3 is 2.78 bits per heavy atom. The van der Waals surface area contributed by atoms with Crippen LogP contribution in [0.25, 0.3) is 0 Å². The molecule has 1 fully saturated rings. The van der Waals surface area contributed by atoms with Crippen molar-refractivity contribution in [3.63, 3.8) is 0 Å². The maximum absolute atomic E-state index is 12.0. The van der Waals surface area contributed by atoms with Crippen molar-refractivity contribution in [3.05, 3.63) is 107 Å².